The Labute approximate surface area is 187 Å². The predicted molar refractivity (Wildman–Crippen MR) is 122 cm³/mol. The molecule has 2 aromatic rings. The number of carbonyl (C=O) groups excluding carboxylic acids is 1. The van der Waals surface area contributed by atoms with Crippen LogP contribution >= 0.6 is 11.6 Å². The number of amides is 1. The molecule has 0 radical (unpaired) electrons. The average molecular weight is 467 g/mol. The molecule has 1 atom stereocenters. The quantitative estimate of drug-likeness (QED) is 0.495. The molecule has 3 rings (SSSR count). The number of anilines is 2. The first kappa shape index (κ1) is 23.3. The number of aliphatic hydroxyl groups is 1. The molecule has 1 heterocycles. The van der Waals surface area contributed by atoms with Gasteiger partial charge in [0.05, 0.1) is 18.9 Å². The van der Waals surface area contributed by atoms with E-state index in [9.17, 15) is 18.3 Å². The Hall–Kier alpha value is -2.36. The molecule has 10 heteroatoms. The summed E-state index contributed by atoms with van der Waals surface area (Å²) in [5, 5.41) is 16.3. The van der Waals surface area contributed by atoms with E-state index in [-0.39, 0.29) is 18.0 Å². The minimum absolute atomic E-state index is 0.142. The highest BCUT2D eigenvalue weighted by atomic mass is 35.5. The summed E-state index contributed by atoms with van der Waals surface area (Å²) in [7, 11) is -2.16. The van der Waals surface area contributed by atoms with Crippen LogP contribution in [0, 0.1) is 5.92 Å². The lowest BCUT2D eigenvalue weighted by Crippen LogP contribution is -2.39. The van der Waals surface area contributed by atoms with Crippen LogP contribution in [0.25, 0.3) is 0 Å². The fourth-order valence-electron chi connectivity index (χ4n) is 3.02. The first-order chi connectivity index (χ1) is 14.7. The summed E-state index contributed by atoms with van der Waals surface area (Å²) in [4.78, 5) is 17.3. The summed E-state index contributed by atoms with van der Waals surface area (Å²) >= 11 is 6.01. The second-order valence-corrected chi connectivity index (χ2v) is 10.3. The lowest BCUT2D eigenvalue weighted by molar-refractivity contribution is 0.0916. The standard InChI is InChI=1S/C21H27ClN4O4S/c1-26(31(2,29)30)20-11-16(10-19(25-20)23-12-14-6-7-14)21(28)24-18(13-27)9-15-4-3-5-17(22)8-15/h3-5,8,10-11,14,18,27H,6-7,9,12-13H2,1-2H3,(H,23,25)(H,24,28)/t18-/m0/s1. The molecule has 3 N–H and O–H groups in total. The minimum atomic E-state index is -3.55. The Bertz CT molecular complexity index is 1040. The van der Waals surface area contributed by atoms with E-state index in [0.29, 0.717) is 29.7 Å². The van der Waals surface area contributed by atoms with E-state index >= 15 is 0 Å². The van der Waals surface area contributed by atoms with Gasteiger partial charge in [-0.3, -0.25) is 9.10 Å². The Morgan fingerprint density at radius 2 is 2.06 bits per heavy atom. The van der Waals surface area contributed by atoms with Gasteiger partial charge in [-0.15, -0.1) is 0 Å². The number of aromatic nitrogens is 1. The molecule has 0 unspecified atom stereocenters. The van der Waals surface area contributed by atoms with Crippen molar-refractivity contribution in [2.45, 2.75) is 25.3 Å². The first-order valence-corrected chi connectivity index (χ1v) is 12.2. The van der Waals surface area contributed by atoms with E-state index in [0.717, 1.165) is 29.0 Å². The van der Waals surface area contributed by atoms with Gasteiger partial charge < -0.3 is 15.7 Å². The van der Waals surface area contributed by atoms with Gasteiger partial charge in [-0.1, -0.05) is 23.7 Å². The van der Waals surface area contributed by atoms with Crippen molar-refractivity contribution in [2.24, 2.45) is 5.92 Å². The fraction of sp³-hybridized carbons (Fsp3) is 0.429. The number of sulfonamides is 1. The van der Waals surface area contributed by atoms with Crippen molar-refractivity contribution in [1.29, 1.82) is 0 Å². The van der Waals surface area contributed by atoms with Gasteiger partial charge in [-0.05, 0) is 55.0 Å². The van der Waals surface area contributed by atoms with E-state index in [1.54, 1.807) is 18.2 Å². The molecule has 168 valence electrons. The molecule has 1 aliphatic carbocycles. The van der Waals surface area contributed by atoms with Gasteiger partial charge in [0.2, 0.25) is 10.0 Å². The van der Waals surface area contributed by atoms with Crippen molar-refractivity contribution in [3.63, 3.8) is 0 Å². The van der Waals surface area contributed by atoms with Gasteiger partial charge in [0, 0.05) is 24.2 Å². The van der Waals surface area contributed by atoms with E-state index in [2.05, 4.69) is 15.6 Å². The molecular formula is C21H27ClN4O4S. The number of nitrogens with one attached hydrogen (secondary N) is 2. The fourth-order valence-corrected chi connectivity index (χ4v) is 3.66. The van der Waals surface area contributed by atoms with Gasteiger partial charge >= 0.3 is 0 Å². The zero-order valence-electron chi connectivity index (χ0n) is 17.5. The minimum Gasteiger partial charge on any atom is -0.394 e. The number of aliphatic hydroxyl groups excluding tert-OH is 1. The van der Waals surface area contributed by atoms with E-state index < -0.39 is 22.0 Å². The van der Waals surface area contributed by atoms with Crippen LogP contribution in [0.5, 0.6) is 0 Å². The molecule has 1 fully saturated rings. The largest absolute Gasteiger partial charge is 0.394 e. The Morgan fingerprint density at radius 1 is 1.32 bits per heavy atom. The van der Waals surface area contributed by atoms with Crippen molar-refractivity contribution < 1.29 is 18.3 Å². The van der Waals surface area contributed by atoms with Crippen molar-refractivity contribution in [1.82, 2.24) is 10.3 Å². The molecule has 0 saturated heterocycles. The third-order valence-electron chi connectivity index (χ3n) is 5.09. The maximum Gasteiger partial charge on any atom is 0.251 e. The second kappa shape index (κ2) is 9.84. The van der Waals surface area contributed by atoms with Gasteiger partial charge in [0.1, 0.15) is 11.6 Å². The van der Waals surface area contributed by atoms with E-state index in [4.69, 9.17) is 11.6 Å². The lowest BCUT2D eigenvalue weighted by atomic mass is 10.1. The predicted octanol–water partition coefficient (Wildman–Crippen LogP) is 2.29. The van der Waals surface area contributed by atoms with Crippen molar-refractivity contribution in [3.8, 4) is 0 Å². The van der Waals surface area contributed by atoms with Crippen LogP contribution < -0.4 is 14.9 Å². The van der Waals surface area contributed by atoms with E-state index in [1.165, 1.54) is 13.1 Å². The Kier molecular flexibility index (Phi) is 7.40. The first-order valence-electron chi connectivity index (χ1n) is 10.0. The summed E-state index contributed by atoms with van der Waals surface area (Å²) in [6, 6.07) is 9.69. The summed E-state index contributed by atoms with van der Waals surface area (Å²) < 4.78 is 25.0. The maximum atomic E-state index is 12.9. The molecule has 0 spiro atoms. The molecule has 1 aromatic heterocycles. The topological polar surface area (TPSA) is 112 Å². The van der Waals surface area contributed by atoms with Crippen LogP contribution in [0.3, 0.4) is 0 Å². The SMILES string of the molecule is CN(c1cc(C(=O)N[C@H](CO)Cc2cccc(Cl)c2)cc(NCC2CC2)n1)S(C)(=O)=O. The zero-order valence-corrected chi connectivity index (χ0v) is 19.1. The number of pyridine rings is 1. The monoisotopic (exact) mass is 466 g/mol. The number of benzene rings is 1. The van der Waals surface area contributed by atoms with Crippen LogP contribution in [0.15, 0.2) is 36.4 Å². The number of hydrogen-bond donors (Lipinski definition) is 3. The van der Waals surface area contributed by atoms with Gasteiger partial charge in [0.25, 0.3) is 5.91 Å². The maximum absolute atomic E-state index is 12.9. The van der Waals surface area contributed by atoms with Gasteiger partial charge in [-0.2, -0.15) is 0 Å². The highest BCUT2D eigenvalue weighted by Gasteiger charge is 2.23. The van der Waals surface area contributed by atoms with Crippen molar-refractivity contribution in [3.05, 3.63) is 52.5 Å². The number of rotatable bonds is 10. The molecule has 31 heavy (non-hydrogen) atoms. The highest BCUT2D eigenvalue weighted by Crippen LogP contribution is 2.29. The zero-order chi connectivity index (χ0) is 22.6. The molecule has 1 aliphatic rings. The molecule has 1 amide bonds. The summed E-state index contributed by atoms with van der Waals surface area (Å²) in [5.41, 5.74) is 1.13. The highest BCUT2D eigenvalue weighted by molar-refractivity contribution is 7.92. The molecule has 1 saturated carbocycles. The van der Waals surface area contributed by atoms with Crippen LogP contribution in [0.2, 0.25) is 5.02 Å². The van der Waals surface area contributed by atoms with E-state index in [1.807, 2.05) is 12.1 Å². The summed E-state index contributed by atoms with van der Waals surface area (Å²) in [5.74, 6) is 0.720. The second-order valence-electron chi connectivity index (χ2n) is 7.84. The van der Waals surface area contributed by atoms with Crippen LogP contribution in [0.1, 0.15) is 28.8 Å². The van der Waals surface area contributed by atoms with Crippen molar-refractivity contribution >= 4 is 39.2 Å². The molecular weight excluding hydrogens is 440 g/mol. The normalized spacial score (nSPS) is 14.7. The number of hydrogen-bond acceptors (Lipinski definition) is 6. The molecule has 0 aliphatic heterocycles. The molecule has 1 aromatic carbocycles. The Balaban J connectivity index is 1.80. The summed E-state index contributed by atoms with van der Waals surface area (Å²) in [6.07, 6.45) is 3.76. The average Bonchev–Trinajstić information content (AvgIpc) is 3.54. The lowest BCUT2D eigenvalue weighted by Gasteiger charge is -2.20. The third-order valence-corrected chi connectivity index (χ3v) is 6.51. The molecule has 0 bridgehead atoms. The van der Waals surface area contributed by atoms with Crippen molar-refractivity contribution in [2.75, 3.05) is 36.1 Å². The number of nitrogens with zero attached hydrogens (tertiary/aromatic N) is 2. The van der Waals surface area contributed by atoms with Gasteiger partial charge in [-0.25, -0.2) is 13.4 Å². The smallest absolute Gasteiger partial charge is 0.251 e. The molecule has 8 nitrogen and oxygen atoms in total. The third kappa shape index (κ3) is 6.81. The van der Waals surface area contributed by atoms with Crippen LogP contribution in [0.4, 0.5) is 11.6 Å². The van der Waals surface area contributed by atoms with Crippen LogP contribution in [-0.4, -0.2) is 56.9 Å². The Morgan fingerprint density at radius 3 is 2.68 bits per heavy atom. The van der Waals surface area contributed by atoms with Gasteiger partial charge in [0.15, 0.2) is 0 Å². The summed E-state index contributed by atoms with van der Waals surface area (Å²) in [6.45, 7) is 0.459. The number of halogens is 1. The number of carbonyl (C=O) groups is 1. The van der Waals surface area contributed by atoms with Crippen LogP contribution in [-0.2, 0) is 16.4 Å².